The zero-order valence-electron chi connectivity index (χ0n) is 13.1. The molecule has 22 heavy (non-hydrogen) atoms. The molecule has 1 aromatic carbocycles. The first kappa shape index (κ1) is 15.2. The maximum atomic E-state index is 12.4. The molecule has 1 unspecified atom stereocenters. The summed E-state index contributed by atoms with van der Waals surface area (Å²) >= 11 is 1.17. The Hall–Kier alpha value is -1.75. The molecule has 1 heterocycles. The number of aryl methyl sites for hydroxylation is 3. The number of hydrogen-bond donors (Lipinski definition) is 1. The first-order chi connectivity index (χ1) is 10.7. The monoisotopic (exact) mass is 315 g/mol. The van der Waals surface area contributed by atoms with E-state index in [0.29, 0.717) is 4.88 Å². The van der Waals surface area contributed by atoms with Crippen LogP contribution in [0.25, 0.3) is 0 Å². The SMILES string of the molecule is CCc1nnsc1C(=O)NC(C)c1ccc2c(c1)CCCC2. The van der Waals surface area contributed by atoms with Gasteiger partial charge in [0.05, 0.1) is 11.7 Å². The number of amides is 1. The number of aromatic nitrogens is 2. The predicted molar refractivity (Wildman–Crippen MR) is 88.3 cm³/mol. The highest BCUT2D eigenvalue weighted by atomic mass is 32.1. The van der Waals surface area contributed by atoms with Crippen LogP contribution in [0.1, 0.15) is 64.8 Å². The van der Waals surface area contributed by atoms with Crippen LogP contribution in [0.15, 0.2) is 18.2 Å². The molecule has 2 aromatic rings. The number of nitrogens with one attached hydrogen (secondary N) is 1. The Morgan fingerprint density at radius 2 is 2.09 bits per heavy atom. The smallest absolute Gasteiger partial charge is 0.265 e. The molecule has 0 saturated carbocycles. The van der Waals surface area contributed by atoms with E-state index in [4.69, 9.17) is 0 Å². The molecular formula is C17H21N3OS. The minimum absolute atomic E-state index is 0.00784. The number of carbonyl (C=O) groups excluding carboxylic acids is 1. The second kappa shape index (κ2) is 6.57. The van der Waals surface area contributed by atoms with E-state index in [-0.39, 0.29) is 11.9 Å². The fourth-order valence-corrected chi connectivity index (χ4v) is 3.63. The predicted octanol–water partition coefficient (Wildman–Crippen LogP) is 3.47. The third-order valence-corrected chi connectivity index (χ3v) is 5.08. The molecule has 1 amide bonds. The highest BCUT2D eigenvalue weighted by Gasteiger charge is 2.18. The van der Waals surface area contributed by atoms with E-state index in [0.717, 1.165) is 18.5 Å². The van der Waals surface area contributed by atoms with Crippen LogP contribution in [-0.2, 0) is 19.3 Å². The van der Waals surface area contributed by atoms with Gasteiger partial charge in [0.15, 0.2) is 0 Å². The molecule has 0 bridgehead atoms. The van der Waals surface area contributed by atoms with Gasteiger partial charge in [0.1, 0.15) is 4.88 Å². The highest BCUT2D eigenvalue weighted by molar-refractivity contribution is 7.08. The van der Waals surface area contributed by atoms with Gasteiger partial charge in [-0.15, -0.1) is 5.10 Å². The zero-order chi connectivity index (χ0) is 15.5. The second-order valence-electron chi connectivity index (χ2n) is 5.83. The first-order valence-electron chi connectivity index (χ1n) is 7.92. The van der Waals surface area contributed by atoms with E-state index >= 15 is 0 Å². The standard InChI is InChI=1S/C17H21N3OS/c1-3-15-16(22-20-19-15)17(21)18-11(2)13-9-8-12-6-4-5-7-14(12)10-13/h8-11H,3-7H2,1-2H3,(H,18,21). The summed E-state index contributed by atoms with van der Waals surface area (Å²) in [6.45, 7) is 4.02. The second-order valence-corrected chi connectivity index (χ2v) is 6.59. The Kier molecular flexibility index (Phi) is 4.52. The van der Waals surface area contributed by atoms with E-state index in [1.807, 2.05) is 13.8 Å². The van der Waals surface area contributed by atoms with Gasteiger partial charge in [0, 0.05) is 0 Å². The Morgan fingerprint density at radius 3 is 2.86 bits per heavy atom. The van der Waals surface area contributed by atoms with Crippen LogP contribution in [0, 0.1) is 0 Å². The third-order valence-electron chi connectivity index (χ3n) is 4.32. The maximum Gasteiger partial charge on any atom is 0.265 e. The number of rotatable bonds is 4. The van der Waals surface area contributed by atoms with Crippen molar-refractivity contribution in [2.75, 3.05) is 0 Å². The van der Waals surface area contributed by atoms with Gasteiger partial charge in [0.2, 0.25) is 0 Å². The molecule has 1 N–H and O–H groups in total. The number of nitrogens with zero attached hydrogens (tertiary/aromatic N) is 2. The van der Waals surface area contributed by atoms with Gasteiger partial charge in [-0.2, -0.15) is 0 Å². The summed E-state index contributed by atoms with van der Waals surface area (Å²) in [4.78, 5) is 13.0. The number of carbonyl (C=O) groups is 1. The van der Waals surface area contributed by atoms with Gasteiger partial charge >= 0.3 is 0 Å². The lowest BCUT2D eigenvalue weighted by Gasteiger charge is -2.20. The average Bonchev–Trinajstić information content (AvgIpc) is 3.03. The first-order valence-corrected chi connectivity index (χ1v) is 8.70. The molecule has 1 atom stereocenters. The molecule has 5 heteroatoms. The normalized spacial score (nSPS) is 15.2. The molecule has 0 radical (unpaired) electrons. The maximum absolute atomic E-state index is 12.4. The van der Waals surface area contributed by atoms with E-state index in [2.05, 4.69) is 33.1 Å². The lowest BCUT2D eigenvalue weighted by molar-refractivity contribution is 0.0943. The molecule has 0 spiro atoms. The van der Waals surface area contributed by atoms with Crippen LogP contribution in [0.3, 0.4) is 0 Å². The van der Waals surface area contributed by atoms with Gasteiger partial charge in [-0.1, -0.05) is 29.6 Å². The molecule has 0 fully saturated rings. The molecule has 116 valence electrons. The summed E-state index contributed by atoms with van der Waals surface area (Å²) in [5.41, 5.74) is 4.86. The van der Waals surface area contributed by atoms with Crippen LogP contribution in [0.5, 0.6) is 0 Å². The van der Waals surface area contributed by atoms with Crippen molar-refractivity contribution in [2.45, 2.75) is 52.0 Å². The van der Waals surface area contributed by atoms with Crippen molar-refractivity contribution in [3.05, 3.63) is 45.5 Å². The minimum Gasteiger partial charge on any atom is -0.345 e. The summed E-state index contributed by atoms with van der Waals surface area (Å²) in [6, 6.07) is 6.61. The Bertz CT molecular complexity index is 680. The van der Waals surface area contributed by atoms with E-state index in [9.17, 15) is 4.79 Å². The summed E-state index contributed by atoms with van der Waals surface area (Å²) in [5.74, 6) is -0.0722. The molecular weight excluding hydrogens is 294 g/mol. The van der Waals surface area contributed by atoms with Crippen molar-refractivity contribution in [1.82, 2.24) is 14.9 Å². The van der Waals surface area contributed by atoms with Crippen LogP contribution in [0.4, 0.5) is 0 Å². The number of hydrogen-bond acceptors (Lipinski definition) is 4. The zero-order valence-corrected chi connectivity index (χ0v) is 13.9. The minimum atomic E-state index is -0.0722. The Labute approximate surface area is 135 Å². The highest BCUT2D eigenvalue weighted by Crippen LogP contribution is 2.25. The number of benzene rings is 1. The van der Waals surface area contributed by atoms with E-state index < -0.39 is 0 Å². The van der Waals surface area contributed by atoms with Crippen molar-refractivity contribution < 1.29 is 4.79 Å². The van der Waals surface area contributed by atoms with Crippen LogP contribution < -0.4 is 5.32 Å². The third kappa shape index (κ3) is 3.04. The molecule has 3 rings (SSSR count). The fourth-order valence-electron chi connectivity index (χ4n) is 2.98. The van der Waals surface area contributed by atoms with Gasteiger partial charge in [-0.05, 0) is 67.3 Å². The topological polar surface area (TPSA) is 54.9 Å². The lowest BCUT2D eigenvalue weighted by Crippen LogP contribution is -2.27. The van der Waals surface area contributed by atoms with Crippen LogP contribution in [-0.4, -0.2) is 15.5 Å². The van der Waals surface area contributed by atoms with Crippen molar-refractivity contribution in [3.8, 4) is 0 Å². The molecule has 1 aromatic heterocycles. The Morgan fingerprint density at radius 1 is 1.32 bits per heavy atom. The summed E-state index contributed by atoms with van der Waals surface area (Å²) in [7, 11) is 0. The van der Waals surface area contributed by atoms with Gasteiger partial charge in [0.25, 0.3) is 5.91 Å². The fraction of sp³-hybridized carbons (Fsp3) is 0.471. The number of fused-ring (bicyclic) bond motifs is 1. The summed E-state index contributed by atoms with van der Waals surface area (Å²) in [6.07, 6.45) is 5.62. The summed E-state index contributed by atoms with van der Waals surface area (Å²) < 4.78 is 3.88. The van der Waals surface area contributed by atoms with Gasteiger partial charge in [-0.25, -0.2) is 0 Å². The quantitative estimate of drug-likeness (QED) is 0.940. The van der Waals surface area contributed by atoms with Crippen molar-refractivity contribution >= 4 is 17.4 Å². The molecule has 0 aliphatic heterocycles. The van der Waals surface area contributed by atoms with Crippen LogP contribution in [0.2, 0.25) is 0 Å². The van der Waals surface area contributed by atoms with Crippen LogP contribution >= 0.6 is 11.5 Å². The lowest BCUT2D eigenvalue weighted by atomic mass is 9.89. The summed E-state index contributed by atoms with van der Waals surface area (Å²) in [5, 5.41) is 7.07. The largest absolute Gasteiger partial charge is 0.345 e. The Balaban J connectivity index is 1.74. The van der Waals surface area contributed by atoms with Crippen molar-refractivity contribution in [1.29, 1.82) is 0 Å². The molecule has 1 aliphatic rings. The molecule has 0 saturated heterocycles. The van der Waals surface area contributed by atoms with Crippen molar-refractivity contribution in [2.24, 2.45) is 0 Å². The van der Waals surface area contributed by atoms with E-state index in [1.165, 1.54) is 47.5 Å². The molecule has 1 aliphatic carbocycles. The van der Waals surface area contributed by atoms with Gasteiger partial charge < -0.3 is 5.32 Å². The van der Waals surface area contributed by atoms with E-state index in [1.54, 1.807) is 0 Å². The van der Waals surface area contributed by atoms with Crippen molar-refractivity contribution in [3.63, 3.8) is 0 Å². The molecule has 4 nitrogen and oxygen atoms in total. The average molecular weight is 315 g/mol. The van der Waals surface area contributed by atoms with Gasteiger partial charge in [-0.3, -0.25) is 4.79 Å².